The molecule has 0 radical (unpaired) electrons. The van der Waals surface area contributed by atoms with Gasteiger partial charge in [-0.05, 0) is 55.0 Å². The molecule has 33 heavy (non-hydrogen) atoms. The molecule has 1 saturated heterocycles. The first-order valence-electron chi connectivity index (χ1n) is 10.9. The molecule has 0 aromatic heterocycles. The van der Waals surface area contributed by atoms with E-state index in [9.17, 15) is 9.59 Å². The van der Waals surface area contributed by atoms with Gasteiger partial charge in [-0.15, -0.1) is 0 Å². The van der Waals surface area contributed by atoms with E-state index >= 15 is 0 Å². The number of rotatable bonds is 6. The van der Waals surface area contributed by atoms with Crippen LogP contribution in [0.2, 0.25) is 0 Å². The van der Waals surface area contributed by atoms with Gasteiger partial charge in [0.15, 0.2) is 0 Å². The Kier molecular flexibility index (Phi) is 7.17. The molecule has 0 unspecified atom stereocenters. The number of nitrogens with zero attached hydrogens (tertiary/aromatic N) is 1. The molecular formula is C27H26N2O4. The Hall–Kier alpha value is -3.90. The Morgan fingerprint density at radius 1 is 0.909 bits per heavy atom. The van der Waals surface area contributed by atoms with Gasteiger partial charge in [0.05, 0.1) is 13.2 Å². The van der Waals surface area contributed by atoms with Crippen LogP contribution in [0, 0.1) is 6.92 Å². The van der Waals surface area contributed by atoms with E-state index in [-0.39, 0.29) is 17.5 Å². The van der Waals surface area contributed by atoms with Crippen molar-refractivity contribution in [3.05, 3.63) is 101 Å². The number of nitrogens with one attached hydrogen (secondary N) is 1. The first-order valence-corrected chi connectivity index (χ1v) is 10.9. The van der Waals surface area contributed by atoms with Gasteiger partial charge < -0.3 is 19.7 Å². The standard InChI is InChI=1S/C27H26N2O4/c1-20-10-12-22(13-11-20)26(30)28-25(27(31)29-14-16-32-17-15-29)19-21-6-5-9-24(18-21)33-23-7-3-2-4-8-23/h2-13,18-19H,14-17H2,1H3,(H,28,30)/b25-19+. The maximum absolute atomic E-state index is 13.3. The fourth-order valence-electron chi connectivity index (χ4n) is 3.45. The molecule has 1 aliphatic heterocycles. The van der Waals surface area contributed by atoms with Crippen LogP contribution in [-0.4, -0.2) is 43.0 Å². The van der Waals surface area contributed by atoms with Crippen molar-refractivity contribution in [1.82, 2.24) is 10.2 Å². The lowest BCUT2D eigenvalue weighted by molar-refractivity contribution is -0.131. The molecule has 6 heteroatoms. The normalized spacial score (nSPS) is 14.0. The number of hydrogen-bond donors (Lipinski definition) is 1. The number of morpholine rings is 1. The fourth-order valence-corrected chi connectivity index (χ4v) is 3.45. The molecule has 0 atom stereocenters. The molecule has 0 aliphatic carbocycles. The Morgan fingerprint density at radius 3 is 2.33 bits per heavy atom. The van der Waals surface area contributed by atoms with E-state index in [0.717, 1.165) is 16.9 Å². The number of carbonyl (C=O) groups is 2. The molecule has 2 amide bonds. The summed E-state index contributed by atoms with van der Waals surface area (Å²) >= 11 is 0. The average Bonchev–Trinajstić information content (AvgIpc) is 2.85. The summed E-state index contributed by atoms with van der Waals surface area (Å²) in [4.78, 5) is 27.8. The van der Waals surface area contributed by atoms with Crippen LogP contribution < -0.4 is 10.1 Å². The largest absolute Gasteiger partial charge is 0.457 e. The first-order chi connectivity index (χ1) is 16.1. The van der Waals surface area contributed by atoms with Crippen molar-refractivity contribution in [3.63, 3.8) is 0 Å². The SMILES string of the molecule is Cc1ccc(C(=O)N/C(=C/c2cccc(Oc3ccccc3)c2)C(=O)N2CCOCC2)cc1. The highest BCUT2D eigenvalue weighted by Gasteiger charge is 2.22. The minimum absolute atomic E-state index is 0.208. The summed E-state index contributed by atoms with van der Waals surface area (Å²) in [6, 6.07) is 24.1. The molecular weight excluding hydrogens is 416 g/mol. The Labute approximate surface area is 193 Å². The number of para-hydroxylation sites is 1. The molecule has 3 aromatic carbocycles. The molecule has 1 fully saturated rings. The third kappa shape index (κ3) is 6.08. The summed E-state index contributed by atoms with van der Waals surface area (Å²) in [5.41, 5.74) is 2.49. The van der Waals surface area contributed by atoms with Gasteiger partial charge in [-0.1, -0.05) is 48.0 Å². The lowest BCUT2D eigenvalue weighted by Gasteiger charge is -2.28. The highest BCUT2D eigenvalue weighted by molar-refractivity contribution is 6.05. The average molecular weight is 443 g/mol. The van der Waals surface area contributed by atoms with Gasteiger partial charge in [-0.3, -0.25) is 9.59 Å². The van der Waals surface area contributed by atoms with Crippen LogP contribution in [0.1, 0.15) is 21.5 Å². The van der Waals surface area contributed by atoms with Crippen LogP contribution in [-0.2, 0) is 9.53 Å². The molecule has 1 N–H and O–H groups in total. The predicted octanol–water partition coefficient (Wildman–Crippen LogP) is 4.42. The van der Waals surface area contributed by atoms with Crippen LogP contribution in [0.3, 0.4) is 0 Å². The lowest BCUT2D eigenvalue weighted by atomic mass is 10.1. The third-order valence-corrected chi connectivity index (χ3v) is 5.24. The van der Waals surface area contributed by atoms with Gasteiger partial charge in [-0.2, -0.15) is 0 Å². The van der Waals surface area contributed by atoms with Crippen molar-refractivity contribution < 1.29 is 19.1 Å². The minimum Gasteiger partial charge on any atom is -0.457 e. The lowest BCUT2D eigenvalue weighted by Crippen LogP contribution is -2.44. The summed E-state index contributed by atoms with van der Waals surface area (Å²) in [5.74, 6) is 0.779. The number of amides is 2. The minimum atomic E-state index is -0.334. The van der Waals surface area contributed by atoms with E-state index < -0.39 is 0 Å². The Balaban J connectivity index is 1.60. The van der Waals surface area contributed by atoms with Crippen molar-refractivity contribution in [3.8, 4) is 11.5 Å². The summed E-state index contributed by atoms with van der Waals surface area (Å²) in [6.07, 6.45) is 1.68. The molecule has 6 nitrogen and oxygen atoms in total. The molecule has 168 valence electrons. The molecule has 1 aliphatic rings. The van der Waals surface area contributed by atoms with Gasteiger partial charge in [0, 0.05) is 18.7 Å². The van der Waals surface area contributed by atoms with Crippen LogP contribution in [0.15, 0.2) is 84.6 Å². The third-order valence-electron chi connectivity index (χ3n) is 5.24. The van der Waals surface area contributed by atoms with Crippen molar-refractivity contribution in [2.45, 2.75) is 6.92 Å². The smallest absolute Gasteiger partial charge is 0.270 e. The zero-order chi connectivity index (χ0) is 23.0. The summed E-state index contributed by atoms with van der Waals surface area (Å²) < 4.78 is 11.3. The van der Waals surface area contributed by atoms with Crippen molar-refractivity contribution in [2.24, 2.45) is 0 Å². The number of ether oxygens (including phenoxy) is 2. The number of hydrogen-bond acceptors (Lipinski definition) is 4. The maximum atomic E-state index is 13.3. The monoisotopic (exact) mass is 442 g/mol. The number of benzene rings is 3. The van der Waals surface area contributed by atoms with Crippen molar-refractivity contribution >= 4 is 17.9 Å². The maximum Gasteiger partial charge on any atom is 0.270 e. The molecule has 3 aromatic rings. The number of aryl methyl sites for hydroxylation is 1. The van der Waals surface area contributed by atoms with Crippen LogP contribution in [0.5, 0.6) is 11.5 Å². The fraction of sp³-hybridized carbons (Fsp3) is 0.185. The summed E-state index contributed by atoms with van der Waals surface area (Å²) in [5, 5.41) is 2.82. The zero-order valence-corrected chi connectivity index (χ0v) is 18.5. The van der Waals surface area contributed by atoms with E-state index in [0.29, 0.717) is 37.6 Å². The molecule has 4 rings (SSSR count). The Morgan fingerprint density at radius 2 is 1.61 bits per heavy atom. The zero-order valence-electron chi connectivity index (χ0n) is 18.5. The van der Waals surface area contributed by atoms with Crippen LogP contribution >= 0.6 is 0 Å². The molecule has 0 spiro atoms. The van der Waals surface area contributed by atoms with Gasteiger partial charge in [-0.25, -0.2) is 0 Å². The van der Waals surface area contributed by atoms with Crippen LogP contribution in [0.4, 0.5) is 0 Å². The summed E-state index contributed by atoms with van der Waals surface area (Å²) in [7, 11) is 0. The molecule has 0 saturated carbocycles. The molecule has 1 heterocycles. The van der Waals surface area contributed by atoms with Gasteiger partial charge in [0.2, 0.25) is 0 Å². The predicted molar refractivity (Wildman–Crippen MR) is 127 cm³/mol. The first kappa shape index (κ1) is 22.3. The second kappa shape index (κ2) is 10.6. The summed E-state index contributed by atoms with van der Waals surface area (Å²) in [6.45, 7) is 3.87. The second-order valence-corrected chi connectivity index (χ2v) is 7.77. The van der Waals surface area contributed by atoms with E-state index in [1.165, 1.54) is 0 Å². The Bertz CT molecular complexity index is 1130. The van der Waals surface area contributed by atoms with E-state index in [1.807, 2.05) is 73.7 Å². The van der Waals surface area contributed by atoms with Crippen LogP contribution in [0.25, 0.3) is 6.08 Å². The topological polar surface area (TPSA) is 67.9 Å². The van der Waals surface area contributed by atoms with Gasteiger partial charge in [0.1, 0.15) is 17.2 Å². The number of carbonyl (C=O) groups excluding carboxylic acids is 2. The second-order valence-electron chi connectivity index (χ2n) is 7.77. The van der Waals surface area contributed by atoms with Gasteiger partial charge >= 0.3 is 0 Å². The highest BCUT2D eigenvalue weighted by atomic mass is 16.5. The quantitative estimate of drug-likeness (QED) is 0.574. The molecule has 0 bridgehead atoms. The van der Waals surface area contributed by atoms with Crippen molar-refractivity contribution in [1.29, 1.82) is 0 Å². The van der Waals surface area contributed by atoms with Crippen molar-refractivity contribution in [2.75, 3.05) is 26.3 Å². The van der Waals surface area contributed by atoms with E-state index in [1.54, 1.807) is 23.1 Å². The van der Waals surface area contributed by atoms with Gasteiger partial charge in [0.25, 0.3) is 11.8 Å². The van der Waals surface area contributed by atoms with E-state index in [4.69, 9.17) is 9.47 Å². The highest BCUT2D eigenvalue weighted by Crippen LogP contribution is 2.23. The van der Waals surface area contributed by atoms with E-state index in [2.05, 4.69) is 5.32 Å².